The predicted octanol–water partition coefficient (Wildman–Crippen LogP) is 4.16. The first kappa shape index (κ1) is 24.5. The first-order valence-corrected chi connectivity index (χ1v) is 11.9. The maximum absolute atomic E-state index is 13.9. The van der Waals surface area contributed by atoms with E-state index in [0.717, 1.165) is 0 Å². The van der Waals surface area contributed by atoms with Crippen molar-refractivity contribution in [2.75, 3.05) is 37.9 Å². The van der Waals surface area contributed by atoms with Crippen LogP contribution in [0.15, 0.2) is 66.7 Å². The number of ether oxygens (including phenoxy) is 4. The van der Waals surface area contributed by atoms with Crippen LogP contribution in [0.25, 0.3) is 0 Å². The minimum Gasteiger partial charge on any atom is -0.494 e. The van der Waals surface area contributed by atoms with Gasteiger partial charge in [0.15, 0.2) is 17.6 Å². The van der Waals surface area contributed by atoms with E-state index in [2.05, 4.69) is 0 Å². The van der Waals surface area contributed by atoms with Crippen LogP contribution >= 0.6 is 0 Å². The number of carbonyl (C=O) groups excluding carboxylic acids is 2. The van der Waals surface area contributed by atoms with Crippen molar-refractivity contribution in [1.29, 1.82) is 0 Å². The number of amides is 2. The van der Waals surface area contributed by atoms with Crippen molar-refractivity contribution in [2.24, 2.45) is 5.92 Å². The summed E-state index contributed by atoms with van der Waals surface area (Å²) in [7, 11) is 4.59. The first-order valence-electron chi connectivity index (χ1n) is 11.9. The van der Waals surface area contributed by atoms with Gasteiger partial charge >= 0.3 is 0 Å². The maximum Gasteiger partial charge on any atom is 0.266 e. The molecule has 0 N–H and O–H groups in total. The van der Waals surface area contributed by atoms with E-state index >= 15 is 0 Å². The fourth-order valence-corrected chi connectivity index (χ4v) is 4.94. The molecule has 0 spiro atoms. The van der Waals surface area contributed by atoms with Gasteiger partial charge in [-0.1, -0.05) is 18.2 Å². The third-order valence-electron chi connectivity index (χ3n) is 6.56. The molecular formula is C28H28N2O7. The molecule has 0 saturated carbocycles. The number of imide groups is 1. The Morgan fingerprint density at radius 3 is 2.03 bits per heavy atom. The Bertz CT molecular complexity index is 1270. The molecule has 3 aromatic carbocycles. The number of anilines is 2. The topological polar surface area (TPSA) is 86.8 Å². The largest absolute Gasteiger partial charge is 0.494 e. The smallest absolute Gasteiger partial charge is 0.266 e. The van der Waals surface area contributed by atoms with E-state index in [4.69, 9.17) is 23.8 Å². The van der Waals surface area contributed by atoms with Crippen LogP contribution in [-0.2, 0) is 14.4 Å². The fourth-order valence-electron chi connectivity index (χ4n) is 4.94. The van der Waals surface area contributed by atoms with Gasteiger partial charge in [-0.05, 0) is 61.0 Å². The molecule has 0 radical (unpaired) electrons. The Morgan fingerprint density at radius 2 is 1.46 bits per heavy atom. The Balaban J connectivity index is 1.59. The predicted molar refractivity (Wildman–Crippen MR) is 136 cm³/mol. The monoisotopic (exact) mass is 504 g/mol. The molecule has 0 aliphatic carbocycles. The summed E-state index contributed by atoms with van der Waals surface area (Å²) in [5.74, 6) is 0.392. The number of nitrogens with zero attached hydrogens (tertiary/aromatic N) is 2. The molecule has 5 rings (SSSR count). The minimum absolute atomic E-state index is 0.351. The zero-order valence-electron chi connectivity index (χ0n) is 21.0. The average Bonchev–Trinajstić information content (AvgIpc) is 3.44. The van der Waals surface area contributed by atoms with Gasteiger partial charge in [0, 0.05) is 0 Å². The third kappa shape index (κ3) is 4.11. The molecule has 37 heavy (non-hydrogen) atoms. The number of fused-ring (bicyclic) bond motifs is 1. The van der Waals surface area contributed by atoms with Gasteiger partial charge in [-0.15, -0.1) is 0 Å². The highest BCUT2D eigenvalue weighted by Crippen LogP contribution is 2.50. The second kappa shape index (κ2) is 10.0. The van der Waals surface area contributed by atoms with Gasteiger partial charge in [0.2, 0.25) is 11.7 Å². The Kier molecular flexibility index (Phi) is 6.62. The second-order valence-electron chi connectivity index (χ2n) is 8.56. The molecule has 0 bridgehead atoms. The van der Waals surface area contributed by atoms with Crippen molar-refractivity contribution < 1.29 is 33.4 Å². The minimum atomic E-state index is -0.997. The van der Waals surface area contributed by atoms with Crippen LogP contribution in [0.4, 0.5) is 11.4 Å². The molecule has 0 aromatic heterocycles. The summed E-state index contributed by atoms with van der Waals surface area (Å²) < 4.78 is 22.1. The normalized spacial score (nSPS) is 20.7. The Hall–Kier alpha value is -4.24. The number of hydrogen-bond donors (Lipinski definition) is 0. The molecule has 2 amide bonds. The van der Waals surface area contributed by atoms with Gasteiger partial charge in [-0.2, -0.15) is 0 Å². The molecule has 2 aliphatic rings. The molecule has 9 nitrogen and oxygen atoms in total. The van der Waals surface area contributed by atoms with Crippen LogP contribution in [0.1, 0.15) is 18.5 Å². The highest BCUT2D eigenvalue weighted by atomic mass is 16.7. The first-order chi connectivity index (χ1) is 18.0. The molecular weight excluding hydrogens is 476 g/mol. The number of carbonyl (C=O) groups is 2. The lowest BCUT2D eigenvalue weighted by Gasteiger charge is -2.29. The van der Waals surface area contributed by atoms with Crippen LogP contribution in [0.5, 0.6) is 23.0 Å². The standard InChI is InChI=1S/C28H28N2O7/c1-5-36-20-13-11-18(12-14-20)29-27(31)23-24(17-15-21(33-2)25(35-4)22(16-17)34-3)30(37-26(23)28(29)32)19-9-7-6-8-10-19/h6-16,23-24,26H,5H2,1-4H3/t23-,24+,26+/m0/s1. The molecule has 3 atom stereocenters. The van der Waals surface area contributed by atoms with Crippen molar-refractivity contribution in [2.45, 2.75) is 19.1 Å². The van der Waals surface area contributed by atoms with Gasteiger partial charge in [0.1, 0.15) is 11.7 Å². The van der Waals surface area contributed by atoms with E-state index in [-0.39, 0.29) is 5.91 Å². The van der Waals surface area contributed by atoms with Gasteiger partial charge in [0.25, 0.3) is 5.91 Å². The van der Waals surface area contributed by atoms with Crippen LogP contribution in [0, 0.1) is 5.92 Å². The van der Waals surface area contributed by atoms with Gasteiger partial charge in [0.05, 0.1) is 45.4 Å². The summed E-state index contributed by atoms with van der Waals surface area (Å²) in [5, 5.41) is 1.63. The molecule has 2 fully saturated rings. The molecule has 9 heteroatoms. The zero-order chi connectivity index (χ0) is 26.1. The number of para-hydroxylation sites is 1. The van der Waals surface area contributed by atoms with E-state index in [0.29, 0.717) is 46.5 Å². The van der Waals surface area contributed by atoms with E-state index in [1.807, 2.05) is 37.3 Å². The van der Waals surface area contributed by atoms with Crippen LogP contribution in [-0.4, -0.2) is 45.9 Å². The fraction of sp³-hybridized carbons (Fsp3) is 0.286. The van der Waals surface area contributed by atoms with Gasteiger partial charge in [-0.3, -0.25) is 14.4 Å². The summed E-state index contributed by atoms with van der Waals surface area (Å²) in [5.41, 5.74) is 1.86. The lowest BCUT2D eigenvalue weighted by Crippen LogP contribution is -2.37. The summed E-state index contributed by atoms with van der Waals surface area (Å²) in [6.07, 6.45) is -0.997. The van der Waals surface area contributed by atoms with Crippen molar-refractivity contribution in [3.05, 3.63) is 72.3 Å². The number of benzene rings is 3. The van der Waals surface area contributed by atoms with Crippen molar-refractivity contribution in [3.63, 3.8) is 0 Å². The summed E-state index contributed by atoms with van der Waals surface area (Å²) in [6.45, 7) is 2.41. The Labute approximate surface area is 215 Å². The summed E-state index contributed by atoms with van der Waals surface area (Å²) >= 11 is 0. The quantitative estimate of drug-likeness (QED) is 0.423. The van der Waals surface area contributed by atoms with Crippen LogP contribution in [0.2, 0.25) is 0 Å². The van der Waals surface area contributed by atoms with Gasteiger partial charge < -0.3 is 18.9 Å². The molecule has 2 heterocycles. The lowest BCUT2D eigenvalue weighted by molar-refractivity contribution is -0.126. The molecule has 192 valence electrons. The summed E-state index contributed by atoms with van der Waals surface area (Å²) in [6, 6.07) is 19.2. The number of rotatable bonds is 8. The molecule has 3 aromatic rings. The highest BCUT2D eigenvalue weighted by molar-refractivity contribution is 6.24. The number of hydrogen-bond acceptors (Lipinski definition) is 8. The van der Waals surface area contributed by atoms with Gasteiger partial charge in [-0.25, -0.2) is 9.96 Å². The second-order valence-corrected chi connectivity index (χ2v) is 8.56. The van der Waals surface area contributed by atoms with Crippen molar-refractivity contribution >= 4 is 23.2 Å². The van der Waals surface area contributed by atoms with E-state index in [9.17, 15) is 9.59 Å². The lowest BCUT2D eigenvalue weighted by atomic mass is 9.90. The summed E-state index contributed by atoms with van der Waals surface area (Å²) in [4.78, 5) is 34.9. The molecule has 0 unspecified atom stereocenters. The average molecular weight is 505 g/mol. The van der Waals surface area contributed by atoms with E-state index < -0.39 is 24.0 Å². The van der Waals surface area contributed by atoms with Crippen molar-refractivity contribution in [3.8, 4) is 23.0 Å². The third-order valence-corrected chi connectivity index (χ3v) is 6.56. The highest BCUT2D eigenvalue weighted by Gasteiger charge is 2.60. The number of methoxy groups -OCH3 is 3. The SMILES string of the molecule is CCOc1ccc(N2C(=O)[C@H]3[C@@H](c4cc(OC)c(OC)c(OC)c4)N(c4ccccc4)O[C@H]3C2=O)cc1. The van der Waals surface area contributed by atoms with E-state index in [1.54, 1.807) is 41.5 Å². The van der Waals surface area contributed by atoms with E-state index in [1.165, 1.54) is 26.2 Å². The molecule has 2 saturated heterocycles. The Morgan fingerprint density at radius 1 is 0.811 bits per heavy atom. The molecule has 2 aliphatic heterocycles. The van der Waals surface area contributed by atoms with Crippen LogP contribution in [0.3, 0.4) is 0 Å². The van der Waals surface area contributed by atoms with Crippen molar-refractivity contribution in [1.82, 2.24) is 0 Å². The maximum atomic E-state index is 13.9. The number of hydroxylamine groups is 1. The van der Waals surface area contributed by atoms with Crippen LogP contribution < -0.4 is 28.9 Å². The zero-order valence-corrected chi connectivity index (χ0v) is 21.0.